The van der Waals surface area contributed by atoms with Crippen molar-refractivity contribution in [2.24, 2.45) is 11.8 Å². The second kappa shape index (κ2) is 13.8. The smallest absolute Gasteiger partial charge is 0.408 e. The van der Waals surface area contributed by atoms with Gasteiger partial charge >= 0.3 is 12.1 Å². The third-order valence-electron chi connectivity index (χ3n) is 9.56. The lowest BCUT2D eigenvalue weighted by molar-refractivity contribution is -0.145. The number of carbonyl (C=O) groups is 4. The number of halogens is 1. The number of alkyl carbamates (subject to hydrolysis) is 1. The quantitative estimate of drug-likeness (QED) is 0.166. The minimum Gasteiger partial charge on any atom is -0.479 e. The lowest BCUT2D eigenvalue weighted by atomic mass is 9.85. The number of aliphatic hydroxyl groups excluding tert-OH is 1. The van der Waals surface area contributed by atoms with Crippen LogP contribution in [0.5, 0.6) is 0 Å². The number of ether oxygens (including phenoxy) is 1. The average molecular weight is 699 g/mol. The number of aliphatic carboxylic acids is 1. The highest BCUT2D eigenvalue weighted by atomic mass is 79.9. The van der Waals surface area contributed by atoms with Gasteiger partial charge in [-0.1, -0.05) is 40.9 Å². The van der Waals surface area contributed by atoms with E-state index in [9.17, 15) is 29.4 Å². The van der Waals surface area contributed by atoms with E-state index in [1.165, 1.54) is 4.90 Å². The number of hydrogen-bond donors (Lipinski definition) is 7. The van der Waals surface area contributed by atoms with Crippen LogP contribution >= 0.6 is 15.9 Å². The van der Waals surface area contributed by atoms with Crippen LogP contribution in [0.25, 0.3) is 0 Å². The van der Waals surface area contributed by atoms with E-state index in [0.29, 0.717) is 25.7 Å². The third-order valence-corrected chi connectivity index (χ3v) is 10.5. The first-order valence-electron chi connectivity index (χ1n) is 16.2. The molecule has 3 amide bonds. The van der Waals surface area contributed by atoms with Crippen molar-refractivity contribution in [2.45, 2.75) is 131 Å². The van der Waals surface area contributed by atoms with Gasteiger partial charge in [0.25, 0.3) is 0 Å². The molecule has 0 radical (unpaired) electrons. The van der Waals surface area contributed by atoms with Crippen molar-refractivity contribution >= 4 is 39.8 Å². The monoisotopic (exact) mass is 697 g/mol. The summed E-state index contributed by atoms with van der Waals surface area (Å²) in [5.74, 6) is -2.11. The highest BCUT2D eigenvalue weighted by Gasteiger charge is 2.61. The molecule has 0 aromatic carbocycles. The highest BCUT2D eigenvalue weighted by Crippen LogP contribution is 2.45. The molecule has 5 aliphatic rings. The summed E-state index contributed by atoms with van der Waals surface area (Å²) in [4.78, 5) is 54.7. The summed E-state index contributed by atoms with van der Waals surface area (Å²) in [5.41, 5.74) is 7.70. The number of amides is 3. The van der Waals surface area contributed by atoms with Gasteiger partial charge < -0.3 is 30.5 Å². The van der Waals surface area contributed by atoms with Crippen molar-refractivity contribution < 1.29 is 34.1 Å². The molecule has 2 saturated heterocycles. The van der Waals surface area contributed by atoms with E-state index in [0.717, 1.165) is 32.1 Å². The molecule has 2 aliphatic carbocycles. The molecule has 14 nitrogen and oxygen atoms in total. The zero-order valence-corrected chi connectivity index (χ0v) is 27.8. The van der Waals surface area contributed by atoms with Gasteiger partial charge in [0.1, 0.15) is 23.2 Å². The Morgan fingerprint density at radius 1 is 1.13 bits per heavy atom. The van der Waals surface area contributed by atoms with Gasteiger partial charge in [0.05, 0.1) is 18.3 Å². The fourth-order valence-electron chi connectivity index (χ4n) is 6.92. The second-order valence-corrected chi connectivity index (χ2v) is 15.3. The average Bonchev–Trinajstić information content (AvgIpc) is 3.28. The fraction of sp³-hybridized carbons (Fsp3) is 0.800. The predicted molar refractivity (Wildman–Crippen MR) is 167 cm³/mol. The number of carboxylic acids is 1. The first-order valence-corrected chi connectivity index (χ1v) is 17.1. The van der Waals surface area contributed by atoms with Crippen LogP contribution in [0.3, 0.4) is 0 Å². The molecule has 5 rings (SSSR count). The first kappa shape index (κ1) is 34.0. The van der Waals surface area contributed by atoms with Gasteiger partial charge in [0, 0.05) is 17.3 Å². The van der Waals surface area contributed by atoms with Gasteiger partial charge in [0.2, 0.25) is 11.8 Å². The molecule has 9 atom stereocenters. The largest absolute Gasteiger partial charge is 0.479 e. The lowest BCUT2D eigenvalue weighted by Gasteiger charge is -2.33. The van der Waals surface area contributed by atoms with Gasteiger partial charge in [-0.25, -0.2) is 20.4 Å². The zero-order chi connectivity index (χ0) is 32.5. The number of carboxylic acid groups (broad SMARTS) is 1. The van der Waals surface area contributed by atoms with Crippen molar-refractivity contribution in [2.75, 3.05) is 6.54 Å². The van der Waals surface area contributed by atoms with Crippen LogP contribution in [0.2, 0.25) is 0 Å². The van der Waals surface area contributed by atoms with Crippen LogP contribution < -0.4 is 27.0 Å². The van der Waals surface area contributed by atoms with E-state index in [4.69, 9.17) is 4.74 Å². The molecule has 0 aromatic heterocycles. The van der Waals surface area contributed by atoms with Crippen LogP contribution in [0.15, 0.2) is 12.2 Å². The van der Waals surface area contributed by atoms with Crippen LogP contribution in [-0.2, 0) is 19.1 Å². The Hall–Kier alpha value is -2.30. The summed E-state index contributed by atoms with van der Waals surface area (Å²) in [5, 5.41) is 27.6. The van der Waals surface area contributed by atoms with E-state index in [2.05, 4.69) is 42.9 Å². The Bertz CT molecular complexity index is 1170. The maximum Gasteiger partial charge on any atom is 0.408 e. The van der Waals surface area contributed by atoms with Crippen molar-refractivity contribution in [3.05, 3.63) is 12.2 Å². The number of nitrogens with zero attached hydrogens (tertiary/aromatic N) is 2. The van der Waals surface area contributed by atoms with E-state index >= 15 is 0 Å². The van der Waals surface area contributed by atoms with Crippen LogP contribution in [0.4, 0.5) is 4.79 Å². The van der Waals surface area contributed by atoms with E-state index in [1.807, 2.05) is 12.2 Å². The molecule has 3 aliphatic heterocycles. The van der Waals surface area contributed by atoms with Crippen LogP contribution in [-0.4, -0.2) is 97.0 Å². The number of aliphatic hydroxyl groups is 1. The maximum atomic E-state index is 14.2. The SMILES string of the molecule is CC(C)(C)OC(=O)N[C@@H]1CCCCC/C=C\[C@@H]2C[C@]2(C(=O)O)NC(=O)[C@@H]2C[C@H](N3NNC(C4CCC(O)C(Br)C4)N3)CN2C1=O. The van der Waals surface area contributed by atoms with Crippen LogP contribution in [0.1, 0.15) is 85.0 Å². The molecule has 4 fully saturated rings. The number of alkyl halides is 1. The molecule has 252 valence electrons. The molecule has 0 aromatic rings. The molecular weight excluding hydrogens is 650 g/mol. The number of rotatable bonds is 4. The Morgan fingerprint density at radius 3 is 2.62 bits per heavy atom. The minimum absolute atomic E-state index is 0.000958. The second-order valence-electron chi connectivity index (χ2n) is 14.1. The third kappa shape index (κ3) is 7.99. The standard InChI is InChI=1S/C30H48BrN7O7/c1-29(2,3)45-28(44)32-21-10-8-6-4-5-7-9-18-15-30(18,27(42)43)33-25(40)22-14-19(16-37(22)26(21)41)38-35-24(34-36-38)17-11-12-23(39)20(31)13-17/h7,9,17-24,34-36,39H,4-6,8,10-16H2,1-3H3,(H,32,44)(H,33,40)(H,42,43)/b9-7-/t17?,18-,19+,20?,21-,22+,23?,24?,30+/m1/s1. The van der Waals surface area contributed by atoms with Gasteiger partial charge in [-0.2, -0.15) is 10.7 Å². The molecule has 2 saturated carbocycles. The summed E-state index contributed by atoms with van der Waals surface area (Å²) < 4.78 is 5.46. The number of hydrazine groups is 3. The number of allylic oxidation sites excluding steroid dienone is 1. The van der Waals surface area contributed by atoms with E-state index in [1.54, 1.807) is 25.9 Å². The maximum absolute atomic E-state index is 14.2. The summed E-state index contributed by atoms with van der Waals surface area (Å²) in [6.45, 7) is 5.42. The zero-order valence-electron chi connectivity index (χ0n) is 26.3. The Labute approximate surface area is 272 Å². The predicted octanol–water partition coefficient (Wildman–Crippen LogP) is 1.41. The number of nitrogens with one attached hydrogen (secondary N) is 5. The number of hydrogen-bond acceptors (Lipinski definition) is 10. The topological polar surface area (TPSA) is 185 Å². The summed E-state index contributed by atoms with van der Waals surface area (Å²) in [7, 11) is 0. The summed E-state index contributed by atoms with van der Waals surface area (Å²) in [6, 6.07) is -2.20. The Morgan fingerprint density at radius 2 is 1.91 bits per heavy atom. The van der Waals surface area contributed by atoms with Crippen molar-refractivity contribution in [3.63, 3.8) is 0 Å². The summed E-state index contributed by atoms with van der Waals surface area (Å²) >= 11 is 3.58. The number of carbonyl (C=O) groups excluding carboxylic acids is 3. The normalized spacial score (nSPS) is 39.1. The molecule has 7 N–H and O–H groups in total. The summed E-state index contributed by atoms with van der Waals surface area (Å²) in [6.07, 6.45) is 8.95. The Kier molecular flexibility index (Phi) is 10.5. The lowest BCUT2D eigenvalue weighted by Crippen LogP contribution is -2.56. The van der Waals surface area contributed by atoms with Crippen LogP contribution in [0, 0.1) is 11.8 Å². The molecular formula is C30H48BrN7O7. The fourth-order valence-corrected chi connectivity index (χ4v) is 7.67. The van der Waals surface area contributed by atoms with Gasteiger partial charge in [-0.15, -0.1) is 0 Å². The molecule has 15 heteroatoms. The minimum atomic E-state index is -1.40. The molecule has 45 heavy (non-hydrogen) atoms. The Balaban J connectivity index is 1.36. The molecule has 0 spiro atoms. The van der Waals surface area contributed by atoms with Crippen molar-refractivity contribution in [1.82, 2.24) is 37.0 Å². The van der Waals surface area contributed by atoms with Crippen molar-refractivity contribution in [1.29, 1.82) is 0 Å². The molecule has 3 heterocycles. The first-order chi connectivity index (χ1) is 21.3. The van der Waals surface area contributed by atoms with E-state index < -0.39 is 47.1 Å². The highest BCUT2D eigenvalue weighted by molar-refractivity contribution is 9.09. The molecule has 0 bridgehead atoms. The number of fused-ring (bicyclic) bond motifs is 2. The van der Waals surface area contributed by atoms with Crippen molar-refractivity contribution in [3.8, 4) is 0 Å². The van der Waals surface area contributed by atoms with Gasteiger partial charge in [-0.3, -0.25) is 9.59 Å². The molecule has 4 unspecified atom stereocenters. The van der Waals surface area contributed by atoms with Gasteiger partial charge in [0.15, 0.2) is 0 Å². The van der Waals surface area contributed by atoms with Gasteiger partial charge in [-0.05, 0) is 78.1 Å². The van der Waals surface area contributed by atoms with E-state index in [-0.39, 0.29) is 47.9 Å².